The van der Waals surface area contributed by atoms with Crippen molar-refractivity contribution in [3.63, 3.8) is 0 Å². The summed E-state index contributed by atoms with van der Waals surface area (Å²) in [5.41, 5.74) is 4.96. The van der Waals surface area contributed by atoms with Crippen LogP contribution in [0.1, 0.15) is 41.0 Å². The van der Waals surface area contributed by atoms with Crippen molar-refractivity contribution in [1.29, 1.82) is 0 Å². The zero-order valence-electron chi connectivity index (χ0n) is 16.5. The van der Waals surface area contributed by atoms with Crippen LogP contribution in [-0.4, -0.2) is 22.9 Å². The van der Waals surface area contributed by atoms with Crippen molar-refractivity contribution in [2.24, 2.45) is 0 Å². The number of rotatable bonds is 6. The molecule has 2 N–H and O–H groups in total. The molecule has 1 aromatic heterocycles. The van der Waals surface area contributed by atoms with Crippen molar-refractivity contribution in [3.8, 4) is 11.3 Å². The van der Waals surface area contributed by atoms with Gasteiger partial charge in [0.25, 0.3) is 5.91 Å². The number of aromatic nitrogens is 1. The molecule has 148 valence electrons. The van der Waals surface area contributed by atoms with E-state index in [1.807, 2.05) is 47.0 Å². The van der Waals surface area contributed by atoms with Crippen LogP contribution >= 0.6 is 0 Å². The van der Waals surface area contributed by atoms with Gasteiger partial charge in [-0.3, -0.25) is 9.59 Å². The first kappa shape index (κ1) is 19.0. The van der Waals surface area contributed by atoms with Gasteiger partial charge in [-0.2, -0.15) is 0 Å². The second-order valence-corrected chi connectivity index (χ2v) is 7.35. The molecule has 2 heterocycles. The molecule has 0 bridgehead atoms. The van der Waals surface area contributed by atoms with Crippen LogP contribution in [-0.2, 0) is 17.8 Å². The highest BCUT2D eigenvalue weighted by Gasteiger charge is 2.28. The first-order chi connectivity index (χ1) is 14.2. The molecule has 4 rings (SSSR count). The third-order valence-corrected chi connectivity index (χ3v) is 5.43. The van der Waals surface area contributed by atoms with Crippen LogP contribution in [0.2, 0.25) is 0 Å². The molecule has 0 saturated carbocycles. The highest BCUT2D eigenvalue weighted by Crippen LogP contribution is 2.30. The molecule has 5 nitrogen and oxygen atoms in total. The number of carbonyl (C=O) groups is 2. The summed E-state index contributed by atoms with van der Waals surface area (Å²) in [5.74, 6) is -0.121. The number of nitrogens with one attached hydrogen (secondary N) is 2. The maximum atomic E-state index is 12.6. The lowest BCUT2D eigenvalue weighted by molar-refractivity contribution is -0.122. The van der Waals surface area contributed by atoms with Crippen LogP contribution < -0.4 is 10.6 Å². The molecule has 5 heteroatoms. The quantitative estimate of drug-likeness (QED) is 0.677. The Morgan fingerprint density at radius 2 is 1.69 bits per heavy atom. The van der Waals surface area contributed by atoms with Crippen LogP contribution in [0.4, 0.5) is 0 Å². The number of fused-ring (bicyclic) bond motifs is 1. The molecular weight excluding hydrogens is 362 g/mol. The van der Waals surface area contributed by atoms with Crippen LogP contribution in [0.3, 0.4) is 0 Å². The van der Waals surface area contributed by atoms with Crippen molar-refractivity contribution in [2.75, 3.05) is 6.54 Å². The standard InChI is InChI=1S/C24H25N3O2/c1-2-17-8-10-18(11-9-17)15-25-23(28)14-20-16-26-24(29)22-13-12-21(27(20)22)19-6-4-3-5-7-19/h3-13,20H,2,14-16H2,1H3,(H,25,28)(H,26,29)/t20-/m0/s1. The highest BCUT2D eigenvalue weighted by atomic mass is 16.2. The zero-order valence-corrected chi connectivity index (χ0v) is 16.5. The fraction of sp³-hybridized carbons (Fsp3) is 0.250. The van der Waals surface area contributed by atoms with Gasteiger partial charge in [0.05, 0.1) is 6.04 Å². The molecule has 2 amide bonds. The summed E-state index contributed by atoms with van der Waals surface area (Å²) >= 11 is 0. The van der Waals surface area contributed by atoms with E-state index in [2.05, 4.69) is 41.8 Å². The number of hydrogen-bond donors (Lipinski definition) is 2. The number of nitrogens with zero attached hydrogens (tertiary/aromatic N) is 1. The van der Waals surface area contributed by atoms with E-state index < -0.39 is 0 Å². The maximum absolute atomic E-state index is 12.6. The van der Waals surface area contributed by atoms with Gasteiger partial charge in [0.2, 0.25) is 5.91 Å². The van der Waals surface area contributed by atoms with E-state index in [4.69, 9.17) is 0 Å². The van der Waals surface area contributed by atoms with Gasteiger partial charge in [0.1, 0.15) is 5.69 Å². The minimum Gasteiger partial charge on any atom is -0.352 e. The number of carbonyl (C=O) groups excluding carboxylic acids is 2. The normalized spacial score (nSPS) is 15.5. The lowest BCUT2D eigenvalue weighted by atomic mass is 10.1. The Hall–Kier alpha value is -3.34. The highest BCUT2D eigenvalue weighted by molar-refractivity contribution is 5.95. The number of amides is 2. The van der Waals surface area contributed by atoms with E-state index in [1.165, 1.54) is 5.56 Å². The average molecular weight is 387 g/mol. The Labute approximate surface area is 170 Å². The maximum Gasteiger partial charge on any atom is 0.268 e. The molecule has 0 radical (unpaired) electrons. The summed E-state index contributed by atoms with van der Waals surface area (Å²) in [6.45, 7) is 3.07. The second-order valence-electron chi connectivity index (χ2n) is 7.35. The molecule has 0 fully saturated rings. The molecule has 1 atom stereocenters. The third-order valence-electron chi connectivity index (χ3n) is 5.43. The van der Waals surface area contributed by atoms with E-state index in [-0.39, 0.29) is 17.9 Å². The summed E-state index contributed by atoms with van der Waals surface area (Å²) < 4.78 is 2.00. The van der Waals surface area contributed by atoms with Crippen molar-refractivity contribution >= 4 is 11.8 Å². The fourth-order valence-electron chi connectivity index (χ4n) is 3.81. The largest absolute Gasteiger partial charge is 0.352 e. The Morgan fingerprint density at radius 1 is 1.00 bits per heavy atom. The fourth-order valence-corrected chi connectivity index (χ4v) is 3.81. The van der Waals surface area contributed by atoms with Crippen molar-refractivity contribution < 1.29 is 9.59 Å². The first-order valence-electron chi connectivity index (χ1n) is 10.0. The summed E-state index contributed by atoms with van der Waals surface area (Å²) in [4.78, 5) is 24.9. The summed E-state index contributed by atoms with van der Waals surface area (Å²) in [5, 5.41) is 5.92. The number of benzene rings is 2. The molecule has 3 aromatic rings. The predicted octanol–water partition coefficient (Wildman–Crippen LogP) is 3.71. The third kappa shape index (κ3) is 4.09. The van der Waals surface area contributed by atoms with Gasteiger partial charge in [0.15, 0.2) is 0 Å². The van der Waals surface area contributed by atoms with E-state index >= 15 is 0 Å². The zero-order chi connectivity index (χ0) is 20.2. The average Bonchev–Trinajstić information content (AvgIpc) is 3.22. The molecule has 0 unspecified atom stereocenters. The molecule has 0 spiro atoms. The molecule has 29 heavy (non-hydrogen) atoms. The monoisotopic (exact) mass is 387 g/mol. The van der Waals surface area contributed by atoms with Gasteiger partial charge in [-0.15, -0.1) is 0 Å². The van der Waals surface area contributed by atoms with Crippen molar-refractivity contribution in [2.45, 2.75) is 32.4 Å². The molecule has 0 aliphatic carbocycles. The number of aryl methyl sites for hydroxylation is 1. The predicted molar refractivity (Wildman–Crippen MR) is 114 cm³/mol. The van der Waals surface area contributed by atoms with E-state index in [1.54, 1.807) is 0 Å². The van der Waals surface area contributed by atoms with Gasteiger partial charge in [-0.25, -0.2) is 0 Å². The smallest absolute Gasteiger partial charge is 0.268 e. The van der Waals surface area contributed by atoms with Gasteiger partial charge >= 0.3 is 0 Å². The minimum absolute atomic E-state index is 0.0237. The van der Waals surface area contributed by atoms with E-state index in [0.717, 1.165) is 23.2 Å². The Morgan fingerprint density at radius 3 is 2.41 bits per heavy atom. The van der Waals surface area contributed by atoms with Crippen molar-refractivity contribution in [1.82, 2.24) is 15.2 Å². The molecule has 1 aliphatic rings. The van der Waals surface area contributed by atoms with Gasteiger partial charge < -0.3 is 15.2 Å². The van der Waals surface area contributed by atoms with Crippen LogP contribution in [0.25, 0.3) is 11.3 Å². The summed E-state index contributed by atoms with van der Waals surface area (Å²) in [7, 11) is 0. The van der Waals surface area contributed by atoms with Gasteiger partial charge in [-0.05, 0) is 35.2 Å². The van der Waals surface area contributed by atoms with E-state index in [0.29, 0.717) is 25.2 Å². The number of hydrogen-bond acceptors (Lipinski definition) is 2. The van der Waals surface area contributed by atoms with Crippen LogP contribution in [0, 0.1) is 0 Å². The van der Waals surface area contributed by atoms with Crippen LogP contribution in [0.15, 0.2) is 66.7 Å². The van der Waals surface area contributed by atoms with Gasteiger partial charge in [0, 0.05) is 25.2 Å². The second kappa shape index (κ2) is 8.35. The van der Waals surface area contributed by atoms with Crippen molar-refractivity contribution in [3.05, 3.63) is 83.6 Å². The van der Waals surface area contributed by atoms with Crippen LogP contribution in [0.5, 0.6) is 0 Å². The molecule has 0 saturated heterocycles. The summed E-state index contributed by atoms with van der Waals surface area (Å²) in [6, 6.07) is 21.9. The topological polar surface area (TPSA) is 63.1 Å². The van der Waals surface area contributed by atoms with Gasteiger partial charge in [-0.1, -0.05) is 61.5 Å². The first-order valence-corrected chi connectivity index (χ1v) is 10.0. The molecular formula is C24H25N3O2. The molecule has 2 aromatic carbocycles. The summed E-state index contributed by atoms with van der Waals surface area (Å²) in [6.07, 6.45) is 1.32. The SMILES string of the molecule is CCc1ccc(CNC(=O)C[C@H]2CNC(=O)c3ccc(-c4ccccc4)n32)cc1. The Kier molecular flexibility index (Phi) is 5.47. The minimum atomic E-state index is -0.115. The Balaban J connectivity index is 1.48. The molecule has 1 aliphatic heterocycles. The van der Waals surface area contributed by atoms with E-state index in [9.17, 15) is 9.59 Å². The lowest BCUT2D eigenvalue weighted by Gasteiger charge is -2.28. The Bertz CT molecular complexity index is 1010. The lowest BCUT2D eigenvalue weighted by Crippen LogP contribution is -2.41.